The lowest BCUT2D eigenvalue weighted by Crippen LogP contribution is -1.91. The van der Waals surface area contributed by atoms with E-state index in [2.05, 4.69) is 132 Å². The molecule has 0 aliphatic heterocycles. The second-order valence-electron chi connectivity index (χ2n) is 10.4. The van der Waals surface area contributed by atoms with E-state index in [-0.39, 0.29) is 0 Å². The molecule has 0 spiro atoms. The average Bonchev–Trinajstić information content (AvgIpc) is 3.50. The molecule has 3 heteroatoms. The van der Waals surface area contributed by atoms with Crippen LogP contribution >= 0.6 is 0 Å². The van der Waals surface area contributed by atoms with Crippen molar-refractivity contribution in [3.05, 3.63) is 108 Å². The van der Waals surface area contributed by atoms with Crippen molar-refractivity contribution in [2.24, 2.45) is 21.1 Å². The molecule has 3 nitrogen and oxygen atoms in total. The lowest BCUT2D eigenvalue weighted by atomic mass is 10.0. The molecule has 0 atom stereocenters. The number of rotatable bonds is 2. The Kier molecular flexibility index (Phi) is 4.06. The van der Waals surface area contributed by atoms with Gasteiger partial charge in [0.25, 0.3) is 0 Å². The fourth-order valence-corrected chi connectivity index (χ4v) is 6.67. The van der Waals surface area contributed by atoms with Gasteiger partial charge >= 0.3 is 0 Å². The fourth-order valence-electron chi connectivity index (χ4n) is 6.67. The van der Waals surface area contributed by atoms with Gasteiger partial charge in [-0.2, -0.15) is 0 Å². The topological polar surface area (TPSA) is 14.8 Å². The van der Waals surface area contributed by atoms with Gasteiger partial charge < -0.3 is 13.7 Å². The summed E-state index contributed by atoms with van der Waals surface area (Å²) in [5.74, 6) is 0. The molecule has 3 aromatic heterocycles. The van der Waals surface area contributed by atoms with Gasteiger partial charge in [0.2, 0.25) is 0 Å². The van der Waals surface area contributed by atoms with Crippen LogP contribution in [0.15, 0.2) is 97.1 Å². The van der Waals surface area contributed by atoms with E-state index < -0.39 is 0 Å². The summed E-state index contributed by atoms with van der Waals surface area (Å²) in [7, 11) is 6.56. The fraction of sp³-hybridized carbons (Fsp3) is 0.118. The number of aryl methyl sites for hydroxylation is 3. The van der Waals surface area contributed by atoms with E-state index in [1.807, 2.05) is 0 Å². The molecule has 0 aliphatic carbocycles. The van der Waals surface area contributed by atoms with Crippen molar-refractivity contribution in [1.29, 1.82) is 0 Å². The van der Waals surface area contributed by atoms with Crippen molar-refractivity contribution >= 4 is 65.4 Å². The van der Waals surface area contributed by atoms with Crippen LogP contribution in [-0.2, 0) is 27.6 Å². The number of aromatic nitrogens is 3. The monoisotopic (exact) mass is 477 g/mol. The number of hydrogen-bond donors (Lipinski definition) is 0. The lowest BCUT2D eigenvalue weighted by Gasteiger charge is -2.06. The maximum atomic E-state index is 2.42. The van der Waals surface area contributed by atoms with Crippen molar-refractivity contribution in [3.8, 4) is 0 Å². The van der Waals surface area contributed by atoms with Gasteiger partial charge in [0.05, 0.1) is 11.0 Å². The van der Waals surface area contributed by atoms with Crippen molar-refractivity contribution < 1.29 is 0 Å². The van der Waals surface area contributed by atoms with Gasteiger partial charge in [-0.05, 0) is 53.9 Å². The summed E-state index contributed by atoms with van der Waals surface area (Å²) in [5, 5.41) is 7.96. The molecule has 8 rings (SSSR count). The predicted octanol–water partition coefficient (Wildman–Crippen LogP) is 8.21. The van der Waals surface area contributed by atoms with Crippen molar-refractivity contribution in [2.45, 2.75) is 6.42 Å². The van der Waals surface area contributed by atoms with Gasteiger partial charge in [-0.15, -0.1) is 0 Å². The van der Waals surface area contributed by atoms with Gasteiger partial charge in [-0.3, -0.25) is 0 Å². The van der Waals surface area contributed by atoms with Crippen LogP contribution in [0.2, 0.25) is 0 Å². The molecule has 8 aromatic rings. The largest absolute Gasteiger partial charge is 0.344 e. The lowest BCUT2D eigenvalue weighted by molar-refractivity contribution is 1.01. The van der Waals surface area contributed by atoms with Gasteiger partial charge in [-0.1, -0.05) is 60.7 Å². The Morgan fingerprint density at radius 2 is 0.973 bits per heavy atom. The third-order valence-electron chi connectivity index (χ3n) is 8.49. The van der Waals surface area contributed by atoms with E-state index in [4.69, 9.17) is 0 Å². The highest BCUT2D eigenvalue weighted by molar-refractivity contribution is 6.25. The highest BCUT2D eigenvalue weighted by Crippen LogP contribution is 2.39. The molecular formula is C34H27N3. The minimum Gasteiger partial charge on any atom is -0.344 e. The summed E-state index contributed by atoms with van der Waals surface area (Å²) < 4.78 is 7.03. The minimum absolute atomic E-state index is 0.912. The molecule has 3 heterocycles. The van der Waals surface area contributed by atoms with Crippen molar-refractivity contribution in [1.82, 2.24) is 13.7 Å². The SMILES string of the molecule is Cn1c2ccccc2c2ccc(Cc3ccc4c(c3)c3c(ccc5c6ccccc6n(C)c53)n4C)cc21. The highest BCUT2D eigenvalue weighted by atomic mass is 15.0. The summed E-state index contributed by atoms with van der Waals surface area (Å²) in [6, 6.07) is 36.0. The highest BCUT2D eigenvalue weighted by Gasteiger charge is 2.17. The van der Waals surface area contributed by atoms with Crippen molar-refractivity contribution in [3.63, 3.8) is 0 Å². The summed E-state index contributed by atoms with van der Waals surface area (Å²) >= 11 is 0. The summed E-state index contributed by atoms with van der Waals surface area (Å²) in [4.78, 5) is 0. The maximum Gasteiger partial charge on any atom is 0.0590 e. The number of benzene rings is 5. The van der Waals surface area contributed by atoms with E-state index in [1.54, 1.807) is 0 Å². The Balaban J connectivity index is 1.33. The van der Waals surface area contributed by atoms with Crippen LogP contribution in [0, 0.1) is 0 Å². The number of fused-ring (bicyclic) bond motifs is 10. The molecule has 0 bridgehead atoms. The second kappa shape index (κ2) is 7.27. The summed E-state index contributed by atoms with van der Waals surface area (Å²) in [5.41, 5.74) is 10.4. The van der Waals surface area contributed by atoms with Crippen LogP contribution < -0.4 is 0 Å². The molecule has 0 fully saturated rings. The van der Waals surface area contributed by atoms with Crippen LogP contribution in [0.1, 0.15) is 11.1 Å². The molecule has 178 valence electrons. The van der Waals surface area contributed by atoms with E-state index in [9.17, 15) is 0 Å². The first-order chi connectivity index (χ1) is 18.1. The molecular weight excluding hydrogens is 450 g/mol. The van der Waals surface area contributed by atoms with Crippen LogP contribution in [0.25, 0.3) is 65.4 Å². The summed E-state index contributed by atoms with van der Waals surface area (Å²) in [6.07, 6.45) is 0.912. The van der Waals surface area contributed by atoms with Gasteiger partial charge in [0.1, 0.15) is 0 Å². The number of para-hydroxylation sites is 2. The Bertz CT molecular complexity index is 2200. The molecule has 0 amide bonds. The Morgan fingerprint density at radius 3 is 1.78 bits per heavy atom. The molecule has 0 unspecified atom stereocenters. The molecule has 0 saturated carbocycles. The quantitative estimate of drug-likeness (QED) is 0.238. The van der Waals surface area contributed by atoms with Crippen LogP contribution in [-0.4, -0.2) is 13.7 Å². The van der Waals surface area contributed by atoms with Gasteiger partial charge in [-0.25, -0.2) is 0 Å². The Hall–Kier alpha value is -4.50. The third-order valence-corrected chi connectivity index (χ3v) is 8.49. The van der Waals surface area contributed by atoms with Crippen LogP contribution in [0.3, 0.4) is 0 Å². The van der Waals surface area contributed by atoms with E-state index >= 15 is 0 Å². The van der Waals surface area contributed by atoms with E-state index in [0.717, 1.165) is 6.42 Å². The maximum absolute atomic E-state index is 2.42. The zero-order valence-corrected chi connectivity index (χ0v) is 21.3. The molecule has 5 aromatic carbocycles. The van der Waals surface area contributed by atoms with Crippen LogP contribution in [0.4, 0.5) is 0 Å². The zero-order chi connectivity index (χ0) is 24.8. The van der Waals surface area contributed by atoms with Crippen LogP contribution in [0.5, 0.6) is 0 Å². The number of hydrogen-bond acceptors (Lipinski definition) is 0. The number of nitrogens with zero attached hydrogens (tertiary/aromatic N) is 3. The average molecular weight is 478 g/mol. The standard InChI is InChI=1S/C34H27N3/c1-35-30-16-13-21(18-22-12-14-25-23-8-4-6-10-28(23)36(2)32(25)20-22)19-27(30)33-31(35)17-15-26-24-9-5-7-11-29(24)37(3)34(26)33/h4-17,19-20H,18H2,1-3H3. The van der Waals surface area contributed by atoms with Gasteiger partial charge in [0, 0.05) is 75.5 Å². The molecule has 0 N–H and O–H groups in total. The normalized spacial score (nSPS) is 12.3. The first-order valence-electron chi connectivity index (χ1n) is 12.9. The predicted molar refractivity (Wildman–Crippen MR) is 158 cm³/mol. The molecule has 0 saturated heterocycles. The second-order valence-corrected chi connectivity index (χ2v) is 10.4. The zero-order valence-electron chi connectivity index (χ0n) is 21.3. The van der Waals surface area contributed by atoms with E-state index in [0.29, 0.717) is 0 Å². The Labute approximate surface area is 214 Å². The van der Waals surface area contributed by atoms with E-state index in [1.165, 1.54) is 76.5 Å². The first-order valence-corrected chi connectivity index (χ1v) is 12.9. The minimum atomic E-state index is 0.912. The molecule has 0 aliphatic rings. The smallest absolute Gasteiger partial charge is 0.0590 e. The summed E-state index contributed by atoms with van der Waals surface area (Å²) in [6.45, 7) is 0. The van der Waals surface area contributed by atoms with Crippen molar-refractivity contribution in [2.75, 3.05) is 0 Å². The third kappa shape index (κ3) is 2.71. The Morgan fingerprint density at radius 1 is 0.432 bits per heavy atom. The first kappa shape index (κ1) is 20.7. The molecule has 0 radical (unpaired) electrons. The van der Waals surface area contributed by atoms with Gasteiger partial charge in [0.15, 0.2) is 0 Å². The molecule has 37 heavy (non-hydrogen) atoms.